The third kappa shape index (κ3) is 4.61. The number of nitrogens with one attached hydrogen (secondary N) is 1. The Morgan fingerprint density at radius 3 is 2.57 bits per heavy atom. The third-order valence-electron chi connectivity index (χ3n) is 4.54. The molecule has 2 rings (SSSR count). The Hall–Kier alpha value is -1.75. The molecule has 0 spiro atoms. The van der Waals surface area contributed by atoms with Gasteiger partial charge < -0.3 is 19.5 Å². The first-order valence-electron chi connectivity index (χ1n) is 8.17. The number of para-hydroxylation sites is 2. The lowest BCUT2D eigenvalue weighted by Gasteiger charge is -2.35. The molecular formula is C18H27NO4. The SMILES string of the molecule is COc1ccccc1OCCNC(=O)C(C)(C)C1CCOCC1. The van der Waals surface area contributed by atoms with Gasteiger partial charge in [-0.15, -0.1) is 0 Å². The summed E-state index contributed by atoms with van der Waals surface area (Å²) in [5.74, 6) is 1.83. The molecule has 0 saturated carbocycles. The summed E-state index contributed by atoms with van der Waals surface area (Å²) in [6.07, 6.45) is 1.89. The van der Waals surface area contributed by atoms with Crippen molar-refractivity contribution in [2.24, 2.45) is 11.3 Å². The molecule has 1 aromatic rings. The Morgan fingerprint density at radius 2 is 1.91 bits per heavy atom. The van der Waals surface area contributed by atoms with E-state index in [0.717, 1.165) is 26.1 Å². The Morgan fingerprint density at radius 1 is 1.26 bits per heavy atom. The minimum atomic E-state index is -0.381. The van der Waals surface area contributed by atoms with E-state index < -0.39 is 0 Å². The molecule has 0 aromatic heterocycles. The Balaban J connectivity index is 1.77. The first kappa shape index (κ1) is 17.6. The van der Waals surface area contributed by atoms with Gasteiger partial charge in [-0.2, -0.15) is 0 Å². The molecule has 1 heterocycles. The van der Waals surface area contributed by atoms with E-state index in [2.05, 4.69) is 5.32 Å². The number of carbonyl (C=O) groups excluding carboxylic acids is 1. The van der Waals surface area contributed by atoms with Crippen LogP contribution < -0.4 is 14.8 Å². The van der Waals surface area contributed by atoms with Crippen LogP contribution in [-0.2, 0) is 9.53 Å². The molecule has 0 atom stereocenters. The zero-order valence-electron chi connectivity index (χ0n) is 14.3. The van der Waals surface area contributed by atoms with E-state index in [0.29, 0.717) is 30.6 Å². The van der Waals surface area contributed by atoms with Gasteiger partial charge in [0.1, 0.15) is 6.61 Å². The van der Waals surface area contributed by atoms with Gasteiger partial charge in [-0.3, -0.25) is 4.79 Å². The summed E-state index contributed by atoms with van der Waals surface area (Å²) < 4.78 is 16.3. The summed E-state index contributed by atoms with van der Waals surface area (Å²) in [5.41, 5.74) is -0.381. The quantitative estimate of drug-likeness (QED) is 0.785. The molecule has 0 bridgehead atoms. The van der Waals surface area contributed by atoms with Crippen molar-refractivity contribution >= 4 is 5.91 Å². The maximum atomic E-state index is 12.5. The van der Waals surface area contributed by atoms with Crippen LogP contribution in [-0.4, -0.2) is 39.4 Å². The molecule has 1 aliphatic heterocycles. The Bertz CT molecular complexity index is 509. The van der Waals surface area contributed by atoms with Crippen LogP contribution in [0, 0.1) is 11.3 Å². The molecule has 1 fully saturated rings. The fourth-order valence-corrected chi connectivity index (χ4v) is 2.90. The van der Waals surface area contributed by atoms with Crippen LogP contribution in [0.15, 0.2) is 24.3 Å². The highest BCUT2D eigenvalue weighted by Gasteiger charge is 2.37. The van der Waals surface area contributed by atoms with Crippen molar-refractivity contribution in [1.82, 2.24) is 5.32 Å². The lowest BCUT2D eigenvalue weighted by Crippen LogP contribution is -2.44. The molecule has 1 aromatic carbocycles. The molecule has 0 radical (unpaired) electrons. The molecule has 0 aliphatic carbocycles. The molecule has 1 aliphatic rings. The maximum Gasteiger partial charge on any atom is 0.226 e. The lowest BCUT2D eigenvalue weighted by atomic mass is 9.74. The Labute approximate surface area is 138 Å². The van der Waals surface area contributed by atoms with Gasteiger partial charge in [-0.05, 0) is 30.9 Å². The second kappa shape index (κ2) is 8.20. The van der Waals surface area contributed by atoms with Gasteiger partial charge in [0, 0.05) is 18.6 Å². The van der Waals surface area contributed by atoms with Gasteiger partial charge in [0.15, 0.2) is 11.5 Å². The lowest BCUT2D eigenvalue weighted by molar-refractivity contribution is -0.134. The number of hydrogen-bond acceptors (Lipinski definition) is 4. The average Bonchev–Trinajstić information content (AvgIpc) is 2.59. The summed E-state index contributed by atoms with van der Waals surface area (Å²) in [6, 6.07) is 7.49. The number of carbonyl (C=O) groups is 1. The van der Waals surface area contributed by atoms with Crippen LogP contribution in [0.4, 0.5) is 0 Å². The molecule has 23 heavy (non-hydrogen) atoms. The smallest absolute Gasteiger partial charge is 0.226 e. The summed E-state index contributed by atoms with van der Waals surface area (Å²) in [4.78, 5) is 12.5. The van der Waals surface area contributed by atoms with Crippen molar-refractivity contribution < 1.29 is 19.0 Å². The van der Waals surface area contributed by atoms with Crippen molar-refractivity contribution in [3.8, 4) is 11.5 Å². The van der Waals surface area contributed by atoms with E-state index in [-0.39, 0.29) is 11.3 Å². The summed E-state index contributed by atoms with van der Waals surface area (Å²) in [6.45, 7) is 6.41. The monoisotopic (exact) mass is 321 g/mol. The van der Waals surface area contributed by atoms with Gasteiger partial charge >= 0.3 is 0 Å². The Kier molecular flexibility index (Phi) is 6.28. The van der Waals surface area contributed by atoms with Gasteiger partial charge in [0.25, 0.3) is 0 Å². The van der Waals surface area contributed by atoms with E-state index in [1.165, 1.54) is 0 Å². The number of ether oxygens (including phenoxy) is 3. The minimum absolute atomic E-state index is 0.0769. The zero-order valence-corrected chi connectivity index (χ0v) is 14.3. The molecule has 128 valence electrons. The largest absolute Gasteiger partial charge is 0.493 e. The molecule has 5 nitrogen and oxygen atoms in total. The van der Waals surface area contributed by atoms with Crippen molar-refractivity contribution in [2.45, 2.75) is 26.7 Å². The summed E-state index contributed by atoms with van der Waals surface area (Å²) in [5, 5.41) is 2.98. The van der Waals surface area contributed by atoms with E-state index in [9.17, 15) is 4.79 Å². The van der Waals surface area contributed by atoms with Gasteiger partial charge in [0.05, 0.1) is 13.7 Å². The predicted octanol–water partition coefficient (Wildman–Crippen LogP) is 2.64. The highest BCUT2D eigenvalue weighted by Crippen LogP contribution is 2.34. The van der Waals surface area contributed by atoms with Crippen LogP contribution in [0.2, 0.25) is 0 Å². The molecule has 0 unspecified atom stereocenters. The van der Waals surface area contributed by atoms with Crippen LogP contribution in [0.25, 0.3) is 0 Å². The third-order valence-corrected chi connectivity index (χ3v) is 4.54. The maximum absolute atomic E-state index is 12.5. The fourth-order valence-electron chi connectivity index (χ4n) is 2.90. The van der Waals surface area contributed by atoms with E-state index in [1.807, 2.05) is 38.1 Å². The van der Waals surface area contributed by atoms with Crippen molar-refractivity contribution in [3.63, 3.8) is 0 Å². The van der Waals surface area contributed by atoms with E-state index in [1.54, 1.807) is 7.11 Å². The van der Waals surface area contributed by atoms with Crippen molar-refractivity contribution in [3.05, 3.63) is 24.3 Å². The second-order valence-electron chi connectivity index (χ2n) is 6.36. The minimum Gasteiger partial charge on any atom is -0.493 e. The molecule has 5 heteroatoms. The first-order valence-corrected chi connectivity index (χ1v) is 8.17. The molecule has 1 amide bonds. The summed E-state index contributed by atoms with van der Waals surface area (Å²) in [7, 11) is 1.61. The van der Waals surface area contributed by atoms with Crippen LogP contribution in [0.3, 0.4) is 0 Å². The number of methoxy groups -OCH3 is 1. The molecule has 1 saturated heterocycles. The fraction of sp³-hybridized carbons (Fsp3) is 0.611. The number of rotatable bonds is 7. The highest BCUT2D eigenvalue weighted by molar-refractivity contribution is 5.82. The van der Waals surface area contributed by atoms with Crippen molar-refractivity contribution in [1.29, 1.82) is 0 Å². The van der Waals surface area contributed by atoms with Gasteiger partial charge in [-0.1, -0.05) is 26.0 Å². The van der Waals surface area contributed by atoms with Gasteiger partial charge in [-0.25, -0.2) is 0 Å². The number of benzene rings is 1. The number of amides is 1. The first-order chi connectivity index (χ1) is 11.1. The summed E-state index contributed by atoms with van der Waals surface area (Å²) >= 11 is 0. The highest BCUT2D eigenvalue weighted by atomic mass is 16.5. The average molecular weight is 321 g/mol. The topological polar surface area (TPSA) is 56.8 Å². The van der Waals surface area contributed by atoms with Crippen LogP contribution in [0.5, 0.6) is 11.5 Å². The second-order valence-corrected chi connectivity index (χ2v) is 6.36. The predicted molar refractivity (Wildman–Crippen MR) is 88.8 cm³/mol. The normalized spacial score (nSPS) is 16.0. The van der Waals surface area contributed by atoms with Gasteiger partial charge in [0.2, 0.25) is 5.91 Å². The zero-order chi connectivity index (χ0) is 16.7. The van der Waals surface area contributed by atoms with Crippen LogP contribution >= 0.6 is 0 Å². The number of hydrogen-bond donors (Lipinski definition) is 1. The molecular weight excluding hydrogens is 294 g/mol. The van der Waals surface area contributed by atoms with Crippen LogP contribution in [0.1, 0.15) is 26.7 Å². The molecule has 1 N–H and O–H groups in total. The van der Waals surface area contributed by atoms with E-state index >= 15 is 0 Å². The van der Waals surface area contributed by atoms with Crippen molar-refractivity contribution in [2.75, 3.05) is 33.5 Å². The van der Waals surface area contributed by atoms with E-state index in [4.69, 9.17) is 14.2 Å². The standard InChI is InChI=1S/C18H27NO4/c1-18(2,14-8-11-22-12-9-14)17(20)19-10-13-23-16-7-5-4-6-15(16)21-3/h4-7,14H,8-13H2,1-3H3,(H,19,20).